The second-order valence-corrected chi connectivity index (χ2v) is 8.07. The molecular formula is C24H24F3N5O2. The van der Waals surface area contributed by atoms with Crippen LogP contribution in [0.25, 0.3) is 17.0 Å². The van der Waals surface area contributed by atoms with Gasteiger partial charge in [0.15, 0.2) is 0 Å². The zero-order chi connectivity index (χ0) is 24.3. The fourth-order valence-corrected chi connectivity index (χ4v) is 3.63. The van der Waals surface area contributed by atoms with Crippen molar-refractivity contribution in [1.29, 1.82) is 0 Å². The number of hydrogen-bond donors (Lipinski definition) is 1. The molecule has 1 N–H and O–H groups in total. The Labute approximate surface area is 194 Å². The van der Waals surface area contributed by atoms with Gasteiger partial charge in [-0.3, -0.25) is 4.79 Å². The maximum absolute atomic E-state index is 12.3. The molecule has 4 rings (SSSR count). The van der Waals surface area contributed by atoms with Gasteiger partial charge in [0.25, 0.3) is 0 Å². The quantitative estimate of drug-likeness (QED) is 0.562. The molecule has 34 heavy (non-hydrogen) atoms. The topological polar surface area (TPSA) is 70.6 Å². The van der Waals surface area contributed by atoms with Crippen LogP contribution in [0.2, 0.25) is 0 Å². The van der Waals surface area contributed by atoms with Crippen LogP contribution in [0.4, 0.5) is 24.8 Å². The molecule has 0 bridgehead atoms. The maximum atomic E-state index is 12.3. The van der Waals surface area contributed by atoms with E-state index in [1.54, 1.807) is 6.07 Å². The van der Waals surface area contributed by atoms with E-state index in [0.29, 0.717) is 17.2 Å². The van der Waals surface area contributed by atoms with Gasteiger partial charge in [-0.2, -0.15) is 0 Å². The molecule has 0 spiro atoms. The molecule has 1 fully saturated rings. The Bertz CT molecular complexity index is 1200. The van der Waals surface area contributed by atoms with Gasteiger partial charge in [-0.05, 0) is 55.9 Å². The van der Waals surface area contributed by atoms with Crippen LogP contribution in [0, 0.1) is 6.92 Å². The number of nitrogens with zero attached hydrogens (tertiary/aromatic N) is 4. The third-order valence-corrected chi connectivity index (χ3v) is 5.47. The largest absolute Gasteiger partial charge is 0.573 e. The highest BCUT2D eigenvalue weighted by Gasteiger charge is 2.30. The summed E-state index contributed by atoms with van der Waals surface area (Å²) in [5.74, 6) is 0.0192. The predicted octanol–water partition coefficient (Wildman–Crippen LogP) is 4.24. The Morgan fingerprint density at radius 2 is 1.76 bits per heavy atom. The molecule has 3 aromatic rings. The minimum Gasteiger partial charge on any atom is -0.406 e. The number of anilines is 2. The van der Waals surface area contributed by atoms with Crippen molar-refractivity contribution >= 4 is 34.5 Å². The molecule has 0 radical (unpaired) electrons. The van der Waals surface area contributed by atoms with Crippen LogP contribution in [0.5, 0.6) is 5.75 Å². The number of ether oxygens (including phenoxy) is 1. The molecule has 0 unspecified atom stereocenters. The highest BCUT2D eigenvalue weighted by atomic mass is 19.4. The third-order valence-electron chi connectivity index (χ3n) is 5.47. The fraction of sp³-hybridized carbons (Fsp3) is 0.292. The van der Waals surface area contributed by atoms with Crippen molar-refractivity contribution in [2.24, 2.45) is 0 Å². The van der Waals surface area contributed by atoms with E-state index < -0.39 is 6.36 Å². The fourth-order valence-electron chi connectivity index (χ4n) is 3.63. The van der Waals surface area contributed by atoms with Crippen LogP contribution in [-0.4, -0.2) is 60.4 Å². The van der Waals surface area contributed by atoms with Crippen LogP contribution in [0.1, 0.15) is 11.3 Å². The molecule has 178 valence electrons. The van der Waals surface area contributed by atoms with Crippen LogP contribution < -0.4 is 15.0 Å². The van der Waals surface area contributed by atoms with Gasteiger partial charge in [0.05, 0.1) is 11.2 Å². The molecule has 1 amide bonds. The SMILES string of the molecule is Cc1nc(N2CCN(C)CC2)nc2ccc(NC(=O)/C=C/c3ccc(OC(F)(F)F)cc3)cc12. The molecule has 2 aromatic carbocycles. The van der Waals surface area contributed by atoms with Crippen molar-refractivity contribution in [2.45, 2.75) is 13.3 Å². The number of amides is 1. The predicted molar refractivity (Wildman–Crippen MR) is 125 cm³/mol. The summed E-state index contributed by atoms with van der Waals surface area (Å²) in [6.45, 7) is 5.59. The maximum Gasteiger partial charge on any atom is 0.573 e. The van der Waals surface area contributed by atoms with Crippen molar-refractivity contribution < 1.29 is 22.7 Å². The van der Waals surface area contributed by atoms with Crippen LogP contribution in [0.15, 0.2) is 48.5 Å². The van der Waals surface area contributed by atoms with Gasteiger partial charge in [-0.15, -0.1) is 13.2 Å². The highest BCUT2D eigenvalue weighted by molar-refractivity contribution is 6.03. The zero-order valence-corrected chi connectivity index (χ0v) is 18.8. The second kappa shape index (κ2) is 9.68. The highest BCUT2D eigenvalue weighted by Crippen LogP contribution is 2.24. The molecule has 10 heteroatoms. The van der Waals surface area contributed by atoms with Gasteiger partial charge >= 0.3 is 6.36 Å². The van der Waals surface area contributed by atoms with Gasteiger partial charge in [0, 0.05) is 43.3 Å². The normalized spacial score (nSPS) is 15.1. The Kier molecular flexibility index (Phi) is 6.69. The summed E-state index contributed by atoms with van der Waals surface area (Å²) >= 11 is 0. The minimum absolute atomic E-state index is 0.321. The summed E-state index contributed by atoms with van der Waals surface area (Å²) in [5, 5.41) is 3.63. The van der Waals surface area contributed by atoms with E-state index in [2.05, 4.69) is 31.9 Å². The number of benzene rings is 2. The first-order valence-electron chi connectivity index (χ1n) is 10.7. The summed E-state index contributed by atoms with van der Waals surface area (Å²) in [4.78, 5) is 26.1. The lowest BCUT2D eigenvalue weighted by Crippen LogP contribution is -2.45. The van der Waals surface area contributed by atoms with Crippen LogP contribution >= 0.6 is 0 Å². The standard InChI is InChI=1S/C24H24F3N5O2/c1-16-20-15-18(6-9-21(20)30-23(28-16)32-13-11-31(2)12-14-32)29-22(33)10-5-17-3-7-19(8-4-17)34-24(25,26)27/h3-10,15H,11-14H2,1-2H3,(H,29,33)/b10-5+. The number of fused-ring (bicyclic) bond motifs is 1. The monoisotopic (exact) mass is 471 g/mol. The molecule has 1 aromatic heterocycles. The van der Waals surface area contributed by atoms with Gasteiger partial charge in [-0.25, -0.2) is 9.97 Å². The number of alkyl halides is 3. The molecular weight excluding hydrogens is 447 g/mol. The van der Waals surface area contributed by atoms with E-state index in [0.717, 1.165) is 42.8 Å². The first-order valence-corrected chi connectivity index (χ1v) is 10.7. The average molecular weight is 471 g/mol. The van der Waals surface area contributed by atoms with Gasteiger partial charge in [0.2, 0.25) is 11.9 Å². The van der Waals surface area contributed by atoms with E-state index in [1.165, 1.54) is 36.4 Å². The lowest BCUT2D eigenvalue weighted by atomic mass is 10.1. The number of hydrogen-bond acceptors (Lipinski definition) is 6. The lowest BCUT2D eigenvalue weighted by molar-refractivity contribution is -0.274. The number of halogens is 3. The summed E-state index contributed by atoms with van der Waals surface area (Å²) in [6, 6.07) is 10.7. The van der Waals surface area contributed by atoms with Crippen molar-refractivity contribution in [3.63, 3.8) is 0 Å². The Balaban J connectivity index is 1.42. The van der Waals surface area contributed by atoms with Gasteiger partial charge in [-0.1, -0.05) is 12.1 Å². The van der Waals surface area contributed by atoms with E-state index in [4.69, 9.17) is 4.98 Å². The molecule has 1 aliphatic rings. The number of carbonyl (C=O) groups excluding carboxylic acids is 1. The molecule has 2 heterocycles. The van der Waals surface area contributed by atoms with E-state index in [-0.39, 0.29) is 11.7 Å². The summed E-state index contributed by atoms with van der Waals surface area (Å²) in [7, 11) is 2.10. The molecule has 0 atom stereocenters. The molecule has 0 aliphatic carbocycles. The Hall–Kier alpha value is -3.66. The van der Waals surface area contributed by atoms with Crippen molar-refractivity contribution in [3.05, 3.63) is 59.8 Å². The number of aromatic nitrogens is 2. The number of likely N-dealkylation sites (N-methyl/N-ethyl adjacent to an activating group) is 1. The zero-order valence-electron chi connectivity index (χ0n) is 18.8. The van der Waals surface area contributed by atoms with Crippen LogP contribution in [0.3, 0.4) is 0 Å². The molecule has 1 saturated heterocycles. The number of nitrogens with one attached hydrogen (secondary N) is 1. The summed E-state index contributed by atoms with van der Waals surface area (Å²) < 4.78 is 40.6. The van der Waals surface area contributed by atoms with Crippen LogP contribution in [-0.2, 0) is 4.79 Å². The molecule has 7 nitrogen and oxygen atoms in total. The van der Waals surface area contributed by atoms with E-state index in [1.807, 2.05) is 19.1 Å². The van der Waals surface area contributed by atoms with Gasteiger partial charge in [0.1, 0.15) is 5.75 Å². The average Bonchev–Trinajstić information content (AvgIpc) is 2.78. The minimum atomic E-state index is -4.74. The summed E-state index contributed by atoms with van der Waals surface area (Å²) in [5.41, 5.74) is 2.78. The Morgan fingerprint density at radius 3 is 2.44 bits per heavy atom. The van der Waals surface area contributed by atoms with Crippen molar-refractivity contribution in [2.75, 3.05) is 43.4 Å². The second-order valence-electron chi connectivity index (χ2n) is 8.07. The first-order chi connectivity index (χ1) is 16.2. The smallest absolute Gasteiger partial charge is 0.406 e. The third kappa shape index (κ3) is 6.02. The van der Waals surface area contributed by atoms with E-state index in [9.17, 15) is 18.0 Å². The van der Waals surface area contributed by atoms with E-state index >= 15 is 0 Å². The lowest BCUT2D eigenvalue weighted by Gasteiger charge is -2.32. The number of aryl methyl sites for hydroxylation is 1. The number of carbonyl (C=O) groups is 1. The first kappa shape index (κ1) is 23.5. The summed E-state index contributed by atoms with van der Waals surface area (Å²) in [6.07, 6.45) is -1.93. The Morgan fingerprint density at radius 1 is 1.06 bits per heavy atom. The molecule has 0 saturated carbocycles. The number of piperazine rings is 1. The van der Waals surface area contributed by atoms with Crippen molar-refractivity contribution in [1.82, 2.24) is 14.9 Å². The van der Waals surface area contributed by atoms with Crippen molar-refractivity contribution in [3.8, 4) is 5.75 Å². The number of rotatable bonds is 5. The molecule has 1 aliphatic heterocycles. The van der Waals surface area contributed by atoms with Gasteiger partial charge < -0.3 is 19.9 Å².